The molecule has 0 saturated carbocycles. The molecule has 0 amide bonds. The number of hydrogen-bond acceptors (Lipinski definition) is 0. The summed E-state index contributed by atoms with van der Waals surface area (Å²) in [5, 5.41) is 2.69. The van der Waals surface area contributed by atoms with Gasteiger partial charge in [0.2, 0.25) is 0 Å². The number of hydrogen-bond donors (Lipinski definition) is 0. The smallest absolute Gasteiger partial charge is 0.0279 e. The van der Waals surface area contributed by atoms with Gasteiger partial charge in [-0.15, -0.1) is 41.5 Å². The monoisotopic (exact) mass is 728 g/mol. The van der Waals surface area contributed by atoms with Gasteiger partial charge < -0.3 is 48.0 Å². The maximum atomic E-state index is 3.36. The molecule has 0 aromatic heterocycles. The Balaban J connectivity index is 0.000000516. The van der Waals surface area contributed by atoms with Gasteiger partial charge in [0, 0.05) is 0 Å². The Kier molecular flexibility index (Phi) is 15.1. The van der Waals surface area contributed by atoms with Crippen LogP contribution in [-0.2, 0) is 23.3 Å². The van der Waals surface area contributed by atoms with Crippen LogP contribution in [0.5, 0.6) is 0 Å². The average Bonchev–Trinajstić information content (AvgIpc) is 3.16. The zero-order valence-corrected chi connectivity index (χ0v) is 27.4. The van der Waals surface area contributed by atoms with E-state index in [-0.39, 0.29) is 53.4 Å². The maximum absolute atomic E-state index is 3.36. The van der Waals surface area contributed by atoms with Crippen molar-refractivity contribution in [3.63, 3.8) is 0 Å². The Hall–Kier alpha value is 0.0900. The summed E-state index contributed by atoms with van der Waals surface area (Å²) in [6.07, 6.45) is 3.36. The third-order valence-corrected chi connectivity index (χ3v) is 5.22. The molecule has 0 radical (unpaired) electrons. The molecule has 1 aliphatic carbocycles. The van der Waals surface area contributed by atoms with Crippen molar-refractivity contribution in [1.29, 1.82) is 0 Å². The van der Waals surface area contributed by atoms with Crippen molar-refractivity contribution in [3.8, 4) is 11.1 Å². The van der Waals surface area contributed by atoms with E-state index in [0.29, 0.717) is 5.92 Å². The number of aryl methyl sites for hydroxylation is 1. The molecule has 31 heavy (non-hydrogen) atoms. The van der Waals surface area contributed by atoms with Crippen LogP contribution >= 0.6 is 0 Å². The first-order valence-corrected chi connectivity index (χ1v) is 16.4. The molecule has 0 fully saturated rings. The minimum absolute atomic E-state index is 0. The second-order valence-corrected chi connectivity index (χ2v) is 17.4. The predicted octanol–water partition coefficient (Wildman–Crippen LogP) is 2.05. The van der Waals surface area contributed by atoms with E-state index in [4.69, 9.17) is 0 Å². The van der Waals surface area contributed by atoms with Gasteiger partial charge in [0.1, 0.15) is 0 Å². The number of fused-ring (bicyclic) bond motifs is 1. The molecule has 4 heteroatoms. The molecular weight excluding hydrogens is 697 g/mol. The average molecular weight is 730 g/mol. The summed E-state index contributed by atoms with van der Waals surface area (Å²) in [5.41, 5.74) is 8.40. The molecule has 3 aromatic rings. The van der Waals surface area contributed by atoms with Crippen molar-refractivity contribution in [2.75, 3.05) is 0 Å². The van der Waals surface area contributed by atoms with Crippen LogP contribution in [-0.4, -0.2) is 5.43 Å². The van der Waals surface area contributed by atoms with Gasteiger partial charge >= 0.3 is 41.9 Å². The largest absolute Gasteiger partial charge is 1.00 e. The fourth-order valence-corrected chi connectivity index (χ4v) is 3.42. The maximum Gasteiger partial charge on any atom is -0.0279 e. The fourth-order valence-electron chi connectivity index (χ4n) is 3.42. The minimum Gasteiger partial charge on any atom is -1.00 e. The van der Waals surface area contributed by atoms with Crippen LogP contribution in [0.4, 0.5) is 0 Å². The molecule has 1 unspecified atom stereocenters. The molecule has 4 rings (SSSR count). The Bertz CT molecular complexity index is 1040. The number of allylic oxidation sites excluding steroid dienone is 4. The van der Waals surface area contributed by atoms with Crippen LogP contribution in [0, 0.1) is 18.9 Å². The fraction of sp³-hybridized carbons (Fsp3) is 0.296. The van der Waals surface area contributed by atoms with Crippen LogP contribution in [0.1, 0.15) is 33.3 Å². The second-order valence-electron chi connectivity index (χ2n) is 8.01. The minimum atomic E-state index is 0. The van der Waals surface area contributed by atoms with Gasteiger partial charge in [0.05, 0.1) is 0 Å². The summed E-state index contributed by atoms with van der Waals surface area (Å²) in [5.74, 6) is 0.560. The summed E-state index contributed by atoms with van der Waals surface area (Å²) in [4.78, 5) is 0. The Morgan fingerprint density at radius 2 is 1.48 bits per heavy atom. The van der Waals surface area contributed by atoms with Gasteiger partial charge in [-0.25, -0.2) is 5.57 Å². The van der Waals surface area contributed by atoms with Gasteiger partial charge in [-0.2, -0.15) is 17.2 Å². The number of rotatable bonds is 1. The van der Waals surface area contributed by atoms with Crippen LogP contribution < -0.4 is 48.0 Å². The van der Waals surface area contributed by atoms with Gasteiger partial charge in [0.15, 0.2) is 0 Å². The molecule has 0 spiro atoms. The molecule has 0 saturated heterocycles. The van der Waals surface area contributed by atoms with Crippen LogP contribution in [0.3, 0.4) is 0 Å². The summed E-state index contributed by atoms with van der Waals surface area (Å²) in [7, 11) is 0. The molecule has 0 heterocycles. The van der Waals surface area contributed by atoms with Crippen molar-refractivity contribution < 1.29 is 71.3 Å². The van der Waals surface area contributed by atoms with Gasteiger partial charge in [-0.05, 0) is 5.56 Å². The van der Waals surface area contributed by atoms with E-state index in [1.54, 1.807) is 23.3 Å². The van der Waals surface area contributed by atoms with E-state index in [2.05, 4.69) is 114 Å². The first-order valence-electron chi connectivity index (χ1n) is 10.2. The summed E-state index contributed by atoms with van der Waals surface area (Å²) < 4.78 is 0. The molecule has 3 aromatic carbocycles. The molecule has 0 nitrogen and oxygen atoms in total. The number of halogens is 2. The first-order chi connectivity index (χ1) is 13.7. The number of benzene rings is 2. The quantitative estimate of drug-likeness (QED) is 0.205. The second kappa shape index (κ2) is 15.1. The zero-order valence-electron chi connectivity index (χ0n) is 19.6. The van der Waals surface area contributed by atoms with Crippen LogP contribution in [0.2, 0.25) is 13.1 Å². The predicted molar refractivity (Wildman–Crippen MR) is 127 cm³/mol. The zero-order chi connectivity index (χ0) is 21.6. The van der Waals surface area contributed by atoms with E-state index >= 15 is 0 Å². The van der Waals surface area contributed by atoms with Gasteiger partial charge in [-0.1, -0.05) is 75.6 Å². The standard InChI is InChI=1S/C16H13.C9H13.C2H6Si.2HI.Zr/c1-12-10-14-8-5-9-15(16(14)11-12)13-6-3-2-4-7-13;1-6-5-7(2)9(4)8(6)3;1-3-2;;;/h2-11H,1H3;6H,1-4H3;1-2H3;2*1H;/q2*-1;;;;+2/p-2. The van der Waals surface area contributed by atoms with Crippen molar-refractivity contribution in [3.05, 3.63) is 89.0 Å². The van der Waals surface area contributed by atoms with E-state index in [0.717, 1.165) is 0 Å². The van der Waals surface area contributed by atoms with Gasteiger partial charge in [0.25, 0.3) is 0 Å². The van der Waals surface area contributed by atoms with Gasteiger partial charge in [-0.3, -0.25) is 6.08 Å². The third-order valence-electron chi connectivity index (χ3n) is 5.22. The summed E-state index contributed by atoms with van der Waals surface area (Å²) >= 11 is 1.74. The van der Waals surface area contributed by atoms with E-state index in [1.165, 1.54) is 44.2 Å². The van der Waals surface area contributed by atoms with E-state index in [1.807, 2.05) is 0 Å². The summed E-state index contributed by atoms with van der Waals surface area (Å²) in [6, 6.07) is 21.6. The van der Waals surface area contributed by atoms with Crippen molar-refractivity contribution >= 4 is 16.2 Å². The molecule has 1 atom stereocenters. The molecule has 164 valence electrons. The van der Waals surface area contributed by atoms with Crippen LogP contribution in [0.25, 0.3) is 21.9 Å². The first kappa shape index (κ1) is 31.1. The Labute approximate surface area is 238 Å². The third kappa shape index (κ3) is 9.46. The normalized spacial score (nSPS) is 14.4. The summed E-state index contributed by atoms with van der Waals surface area (Å²) in [6.45, 7) is 15.4. The van der Waals surface area contributed by atoms with E-state index < -0.39 is 0 Å². The molecule has 0 N–H and O–H groups in total. The van der Waals surface area contributed by atoms with Crippen molar-refractivity contribution in [2.45, 2.75) is 47.7 Å². The topological polar surface area (TPSA) is 0 Å². The van der Waals surface area contributed by atoms with E-state index in [9.17, 15) is 0 Å². The van der Waals surface area contributed by atoms with Crippen LogP contribution in [0.15, 0.2) is 77.4 Å². The SMILES string of the molecule is CC1=[C-]C(C)C(C)=C1C.C[Si](C)=[Zr+2].Cc1cc2c(-c3ccccc3)cccc2[cH-]1.[I-].[I-]. The molecule has 0 aliphatic heterocycles. The molecular formula is C27H32I2SiZr-2. The Morgan fingerprint density at radius 1 is 0.903 bits per heavy atom. The Morgan fingerprint density at radius 3 is 1.94 bits per heavy atom. The molecule has 1 aliphatic rings. The molecule has 0 bridgehead atoms. The van der Waals surface area contributed by atoms with Crippen molar-refractivity contribution in [2.24, 2.45) is 5.92 Å². The van der Waals surface area contributed by atoms with Crippen molar-refractivity contribution in [1.82, 2.24) is 0 Å².